The molecule has 2 aliphatic carbocycles. The number of ether oxygens (including phenoxy) is 1. The summed E-state index contributed by atoms with van der Waals surface area (Å²) in [4.78, 5) is 0. The Bertz CT molecular complexity index is 997. The lowest BCUT2D eigenvalue weighted by atomic mass is 9.84. The van der Waals surface area contributed by atoms with Crippen molar-refractivity contribution in [1.29, 1.82) is 0 Å². The maximum Gasteiger partial charge on any atom is 0.201 e. The lowest BCUT2D eigenvalue weighted by molar-refractivity contribution is 0.314. The molecule has 1 nitrogen and oxygen atoms in total. The van der Waals surface area contributed by atoms with E-state index in [4.69, 9.17) is 4.74 Å². The van der Waals surface area contributed by atoms with E-state index < -0.39 is 23.3 Å². The van der Waals surface area contributed by atoms with Gasteiger partial charge in [-0.3, -0.25) is 0 Å². The Labute approximate surface area is 181 Å². The van der Waals surface area contributed by atoms with Gasteiger partial charge in [-0.05, 0) is 61.6 Å². The number of fused-ring (bicyclic) bond motifs is 1. The molecule has 166 valence electrons. The number of benzene rings is 2. The van der Waals surface area contributed by atoms with Gasteiger partial charge in [0, 0.05) is 16.7 Å². The molecule has 0 bridgehead atoms. The van der Waals surface area contributed by atoms with Crippen molar-refractivity contribution in [1.82, 2.24) is 0 Å². The number of unbranched alkanes of at least 4 members (excludes halogenated alkanes) is 1. The van der Waals surface area contributed by atoms with E-state index in [0.29, 0.717) is 11.8 Å². The lowest BCUT2D eigenvalue weighted by Crippen LogP contribution is -2.12. The number of allylic oxidation sites excluding steroid dienone is 2. The molecule has 0 saturated heterocycles. The molecule has 0 radical (unpaired) electrons. The summed E-state index contributed by atoms with van der Waals surface area (Å²) >= 11 is 0. The smallest absolute Gasteiger partial charge is 0.201 e. The summed E-state index contributed by atoms with van der Waals surface area (Å²) in [6.45, 7) is 4.01. The van der Waals surface area contributed by atoms with Gasteiger partial charge in [-0.2, -0.15) is 4.39 Å². The molecule has 4 rings (SSSR count). The Kier molecular flexibility index (Phi) is 6.40. The fraction of sp³-hybridized carbons (Fsp3) is 0.462. The van der Waals surface area contributed by atoms with Gasteiger partial charge < -0.3 is 4.74 Å². The summed E-state index contributed by atoms with van der Waals surface area (Å²) in [5.74, 6) is -3.43. The predicted molar refractivity (Wildman–Crippen MR) is 115 cm³/mol. The first-order valence-corrected chi connectivity index (χ1v) is 11.3. The molecular weight excluding hydrogens is 404 g/mol. The van der Waals surface area contributed by atoms with Crippen LogP contribution in [0.3, 0.4) is 0 Å². The summed E-state index contributed by atoms with van der Waals surface area (Å²) in [7, 11) is 0. The van der Waals surface area contributed by atoms with Crippen molar-refractivity contribution in [3.63, 3.8) is 0 Å². The maximum absolute atomic E-state index is 15.1. The van der Waals surface area contributed by atoms with Gasteiger partial charge in [-0.1, -0.05) is 44.4 Å². The van der Waals surface area contributed by atoms with Gasteiger partial charge in [0.2, 0.25) is 5.82 Å². The molecule has 2 aromatic carbocycles. The van der Waals surface area contributed by atoms with Gasteiger partial charge in [0.15, 0.2) is 23.2 Å². The van der Waals surface area contributed by atoms with E-state index in [1.807, 2.05) is 6.08 Å². The third kappa shape index (κ3) is 3.88. The summed E-state index contributed by atoms with van der Waals surface area (Å²) in [5, 5.41) is 0. The SMILES string of the molecule is CCCCC1CCC2C(c3ccc(-c4ccc(OCC)c(F)c4F)c(F)c3F)=CCC12. The standard InChI is InChI=1S/C26H28F4O/c1-3-5-6-15-7-8-17-16(15)9-10-18(17)19-11-12-20(24(28)23(19)27)21-13-14-22(31-4-2)26(30)25(21)29/h10-17H,3-9H2,1-2H3. The topological polar surface area (TPSA) is 9.23 Å². The quantitative estimate of drug-likeness (QED) is 0.404. The van der Waals surface area contributed by atoms with Gasteiger partial charge in [0.25, 0.3) is 0 Å². The molecule has 0 amide bonds. The first-order chi connectivity index (χ1) is 15.0. The second-order valence-electron chi connectivity index (χ2n) is 8.61. The van der Waals surface area contributed by atoms with Crippen LogP contribution in [0.5, 0.6) is 5.75 Å². The molecule has 31 heavy (non-hydrogen) atoms. The molecule has 1 saturated carbocycles. The highest BCUT2D eigenvalue weighted by atomic mass is 19.2. The fourth-order valence-corrected chi connectivity index (χ4v) is 5.43. The number of rotatable bonds is 7. The lowest BCUT2D eigenvalue weighted by Gasteiger charge is -2.20. The molecule has 1 fully saturated rings. The minimum absolute atomic E-state index is 0.171. The zero-order valence-electron chi connectivity index (χ0n) is 18.0. The summed E-state index contributed by atoms with van der Waals surface area (Å²) in [6.07, 6.45) is 8.62. The predicted octanol–water partition coefficient (Wildman–Crippen LogP) is 7.93. The Morgan fingerprint density at radius 1 is 0.839 bits per heavy atom. The zero-order valence-corrected chi connectivity index (χ0v) is 18.0. The molecule has 5 heteroatoms. The minimum Gasteiger partial charge on any atom is -0.491 e. The van der Waals surface area contributed by atoms with E-state index in [9.17, 15) is 8.78 Å². The monoisotopic (exact) mass is 432 g/mol. The molecule has 0 aliphatic heterocycles. The Balaban J connectivity index is 1.63. The number of hydrogen-bond donors (Lipinski definition) is 0. The highest BCUT2D eigenvalue weighted by molar-refractivity contribution is 5.74. The van der Waals surface area contributed by atoms with Crippen molar-refractivity contribution >= 4 is 5.57 Å². The van der Waals surface area contributed by atoms with Crippen LogP contribution in [0.15, 0.2) is 30.3 Å². The summed E-state index contributed by atoms with van der Waals surface area (Å²) in [5.41, 5.74) is 0.507. The first-order valence-electron chi connectivity index (χ1n) is 11.3. The molecule has 0 spiro atoms. The largest absolute Gasteiger partial charge is 0.491 e. The molecule has 0 aromatic heterocycles. The van der Waals surface area contributed by atoms with E-state index >= 15 is 8.78 Å². The Morgan fingerprint density at radius 2 is 1.48 bits per heavy atom. The molecule has 3 unspecified atom stereocenters. The van der Waals surface area contributed by atoms with Crippen LogP contribution in [-0.4, -0.2) is 6.61 Å². The van der Waals surface area contributed by atoms with Gasteiger partial charge in [-0.25, -0.2) is 13.2 Å². The fourth-order valence-electron chi connectivity index (χ4n) is 5.43. The van der Waals surface area contributed by atoms with E-state index in [-0.39, 0.29) is 35.0 Å². The first kappa shape index (κ1) is 21.9. The van der Waals surface area contributed by atoms with Crippen LogP contribution in [0.4, 0.5) is 17.6 Å². The van der Waals surface area contributed by atoms with Gasteiger partial charge in [-0.15, -0.1) is 0 Å². The molecule has 0 N–H and O–H groups in total. The number of hydrogen-bond acceptors (Lipinski definition) is 1. The Hall–Kier alpha value is -2.30. The van der Waals surface area contributed by atoms with Crippen LogP contribution in [0, 0.1) is 41.0 Å². The van der Waals surface area contributed by atoms with Crippen molar-refractivity contribution in [2.45, 2.75) is 52.4 Å². The van der Waals surface area contributed by atoms with Crippen LogP contribution >= 0.6 is 0 Å². The van der Waals surface area contributed by atoms with E-state index in [2.05, 4.69) is 6.92 Å². The average Bonchev–Trinajstić information content (AvgIpc) is 3.35. The van der Waals surface area contributed by atoms with Crippen molar-refractivity contribution in [3.05, 3.63) is 59.2 Å². The third-order valence-corrected chi connectivity index (χ3v) is 6.94. The van der Waals surface area contributed by atoms with E-state index in [1.54, 1.807) is 6.92 Å². The van der Waals surface area contributed by atoms with Crippen molar-refractivity contribution in [3.8, 4) is 16.9 Å². The third-order valence-electron chi connectivity index (χ3n) is 6.94. The summed E-state index contributed by atoms with van der Waals surface area (Å²) in [6, 6.07) is 5.32. The highest BCUT2D eigenvalue weighted by Crippen LogP contribution is 2.53. The molecule has 3 atom stereocenters. The molecule has 0 heterocycles. The second kappa shape index (κ2) is 9.05. The maximum atomic E-state index is 15.1. The van der Waals surface area contributed by atoms with Crippen molar-refractivity contribution < 1.29 is 22.3 Å². The van der Waals surface area contributed by atoms with Crippen LogP contribution < -0.4 is 4.74 Å². The van der Waals surface area contributed by atoms with Gasteiger partial charge in [0.1, 0.15) is 0 Å². The van der Waals surface area contributed by atoms with Crippen LogP contribution in [0.1, 0.15) is 57.9 Å². The second-order valence-corrected chi connectivity index (χ2v) is 8.61. The molecule has 2 aromatic rings. The van der Waals surface area contributed by atoms with Crippen molar-refractivity contribution in [2.75, 3.05) is 6.61 Å². The van der Waals surface area contributed by atoms with Crippen molar-refractivity contribution in [2.24, 2.45) is 17.8 Å². The van der Waals surface area contributed by atoms with Gasteiger partial charge in [0.05, 0.1) is 6.61 Å². The van der Waals surface area contributed by atoms with Crippen LogP contribution in [0.2, 0.25) is 0 Å². The highest BCUT2D eigenvalue weighted by Gasteiger charge is 2.41. The Morgan fingerprint density at radius 3 is 2.19 bits per heavy atom. The van der Waals surface area contributed by atoms with Crippen LogP contribution in [0.25, 0.3) is 16.7 Å². The van der Waals surface area contributed by atoms with E-state index in [0.717, 1.165) is 31.3 Å². The zero-order chi connectivity index (χ0) is 22.1. The average molecular weight is 433 g/mol. The molecule has 2 aliphatic rings. The number of halogens is 4. The summed E-state index contributed by atoms with van der Waals surface area (Å²) < 4.78 is 64.0. The normalized spacial score (nSPS) is 22.5. The molecular formula is C26H28F4O. The van der Waals surface area contributed by atoms with Crippen LogP contribution in [-0.2, 0) is 0 Å². The minimum atomic E-state index is -1.24. The van der Waals surface area contributed by atoms with E-state index in [1.165, 1.54) is 37.1 Å². The van der Waals surface area contributed by atoms with Gasteiger partial charge >= 0.3 is 0 Å².